The van der Waals surface area contributed by atoms with Crippen molar-refractivity contribution in [2.75, 3.05) is 13.7 Å². The summed E-state index contributed by atoms with van der Waals surface area (Å²) in [5, 5.41) is 7.40. The number of ether oxygens (including phenoxy) is 1. The summed E-state index contributed by atoms with van der Waals surface area (Å²) in [4.78, 5) is 4.52. The van der Waals surface area contributed by atoms with Gasteiger partial charge in [-0.05, 0) is 39.2 Å². The van der Waals surface area contributed by atoms with Gasteiger partial charge in [-0.25, -0.2) is 0 Å². The molecule has 1 heterocycles. The van der Waals surface area contributed by atoms with Crippen LogP contribution in [0.5, 0.6) is 0 Å². The van der Waals surface area contributed by atoms with Crippen LogP contribution in [-0.4, -0.2) is 29.8 Å². The second-order valence-corrected chi connectivity index (χ2v) is 5.24. The summed E-state index contributed by atoms with van der Waals surface area (Å²) in [7, 11) is 1.98. The van der Waals surface area contributed by atoms with Crippen LogP contribution >= 0.6 is 0 Å². The zero-order chi connectivity index (χ0) is 13.7. The SMILES string of the molecule is CCCC(Cc1nc(C(OCC)C2CC2)no1)NC. The molecule has 2 atom stereocenters. The van der Waals surface area contributed by atoms with Gasteiger partial charge in [0.15, 0.2) is 0 Å². The van der Waals surface area contributed by atoms with Gasteiger partial charge in [-0.1, -0.05) is 18.5 Å². The van der Waals surface area contributed by atoms with Crippen molar-refractivity contribution in [1.82, 2.24) is 15.5 Å². The predicted octanol–water partition coefficient (Wildman–Crippen LogP) is 2.49. The molecule has 1 aliphatic carbocycles. The highest BCUT2D eigenvalue weighted by Gasteiger charge is 2.36. The largest absolute Gasteiger partial charge is 0.370 e. The van der Waals surface area contributed by atoms with E-state index in [4.69, 9.17) is 9.26 Å². The summed E-state index contributed by atoms with van der Waals surface area (Å²) in [5.74, 6) is 2.03. The Bertz CT molecular complexity index is 377. The maximum absolute atomic E-state index is 5.74. The number of likely N-dealkylation sites (N-methyl/N-ethyl adjacent to an activating group) is 1. The van der Waals surface area contributed by atoms with Crippen LogP contribution in [0.25, 0.3) is 0 Å². The van der Waals surface area contributed by atoms with E-state index in [1.54, 1.807) is 0 Å². The Labute approximate surface area is 115 Å². The van der Waals surface area contributed by atoms with Crippen molar-refractivity contribution in [3.63, 3.8) is 0 Å². The Morgan fingerprint density at radius 1 is 1.42 bits per heavy atom. The molecule has 5 heteroatoms. The highest BCUT2D eigenvalue weighted by molar-refractivity contribution is 4.99. The minimum Gasteiger partial charge on any atom is -0.370 e. The van der Waals surface area contributed by atoms with Gasteiger partial charge in [0, 0.05) is 19.1 Å². The monoisotopic (exact) mass is 267 g/mol. The lowest BCUT2D eigenvalue weighted by molar-refractivity contribution is 0.0384. The molecule has 0 saturated heterocycles. The van der Waals surface area contributed by atoms with Crippen molar-refractivity contribution in [2.24, 2.45) is 5.92 Å². The van der Waals surface area contributed by atoms with Gasteiger partial charge in [-0.2, -0.15) is 4.98 Å². The molecule has 0 aliphatic heterocycles. The summed E-state index contributed by atoms with van der Waals surface area (Å²) in [6.07, 6.45) is 5.51. The molecule has 1 fully saturated rings. The van der Waals surface area contributed by atoms with E-state index in [0.717, 1.165) is 25.1 Å². The van der Waals surface area contributed by atoms with Crippen LogP contribution in [0.1, 0.15) is 57.3 Å². The van der Waals surface area contributed by atoms with Gasteiger partial charge in [0.1, 0.15) is 6.10 Å². The highest BCUT2D eigenvalue weighted by Crippen LogP contribution is 2.42. The van der Waals surface area contributed by atoms with Crippen molar-refractivity contribution in [3.05, 3.63) is 11.7 Å². The standard InChI is InChI=1S/C14H25N3O2/c1-4-6-11(15-3)9-12-16-14(17-19-12)13(18-5-2)10-7-8-10/h10-11,13,15H,4-9H2,1-3H3. The molecule has 0 radical (unpaired) electrons. The topological polar surface area (TPSA) is 60.2 Å². The van der Waals surface area contributed by atoms with E-state index < -0.39 is 0 Å². The number of nitrogens with zero attached hydrogens (tertiary/aromatic N) is 2. The van der Waals surface area contributed by atoms with E-state index >= 15 is 0 Å². The average Bonchev–Trinajstić information content (AvgIpc) is 3.15. The van der Waals surface area contributed by atoms with Gasteiger partial charge in [-0.15, -0.1) is 0 Å². The Hall–Kier alpha value is -0.940. The molecule has 1 aromatic heterocycles. The third-order valence-corrected chi connectivity index (χ3v) is 3.60. The maximum atomic E-state index is 5.74. The summed E-state index contributed by atoms with van der Waals surface area (Å²) in [5.41, 5.74) is 0. The van der Waals surface area contributed by atoms with E-state index in [2.05, 4.69) is 22.4 Å². The Morgan fingerprint density at radius 3 is 2.79 bits per heavy atom. The molecule has 108 valence electrons. The number of aromatic nitrogens is 2. The average molecular weight is 267 g/mol. The fourth-order valence-electron chi connectivity index (χ4n) is 2.37. The van der Waals surface area contributed by atoms with Crippen LogP contribution in [0.4, 0.5) is 0 Å². The van der Waals surface area contributed by atoms with Crippen molar-refractivity contribution in [2.45, 2.75) is 58.1 Å². The first-order chi connectivity index (χ1) is 9.28. The van der Waals surface area contributed by atoms with Crippen LogP contribution in [0, 0.1) is 5.92 Å². The van der Waals surface area contributed by atoms with Gasteiger partial charge in [0.05, 0.1) is 0 Å². The van der Waals surface area contributed by atoms with E-state index in [1.165, 1.54) is 12.8 Å². The third-order valence-electron chi connectivity index (χ3n) is 3.60. The summed E-state index contributed by atoms with van der Waals surface area (Å²) >= 11 is 0. The van der Waals surface area contributed by atoms with Crippen molar-refractivity contribution >= 4 is 0 Å². The second kappa shape index (κ2) is 7.01. The molecule has 5 nitrogen and oxygen atoms in total. The second-order valence-electron chi connectivity index (χ2n) is 5.24. The minimum atomic E-state index is 0.0294. The van der Waals surface area contributed by atoms with E-state index in [1.807, 2.05) is 14.0 Å². The lowest BCUT2D eigenvalue weighted by Crippen LogP contribution is -2.27. The molecular formula is C14H25N3O2. The summed E-state index contributed by atoms with van der Waals surface area (Å²) in [6.45, 7) is 4.89. The number of nitrogens with one attached hydrogen (secondary N) is 1. The third kappa shape index (κ3) is 4.01. The fraction of sp³-hybridized carbons (Fsp3) is 0.857. The number of hydrogen-bond acceptors (Lipinski definition) is 5. The van der Waals surface area contributed by atoms with E-state index in [-0.39, 0.29) is 6.10 Å². The molecular weight excluding hydrogens is 242 g/mol. The molecule has 1 saturated carbocycles. The molecule has 2 unspecified atom stereocenters. The smallest absolute Gasteiger partial charge is 0.228 e. The summed E-state index contributed by atoms with van der Waals surface area (Å²) in [6, 6.07) is 0.407. The van der Waals surface area contributed by atoms with Crippen molar-refractivity contribution < 1.29 is 9.26 Å². The Morgan fingerprint density at radius 2 is 2.21 bits per heavy atom. The van der Waals surface area contributed by atoms with Gasteiger partial charge in [0.25, 0.3) is 0 Å². The first-order valence-corrected chi connectivity index (χ1v) is 7.39. The molecule has 0 amide bonds. The highest BCUT2D eigenvalue weighted by atomic mass is 16.5. The first-order valence-electron chi connectivity index (χ1n) is 7.39. The van der Waals surface area contributed by atoms with Gasteiger partial charge in [0.2, 0.25) is 11.7 Å². The summed E-state index contributed by atoms with van der Waals surface area (Å²) < 4.78 is 11.1. The predicted molar refractivity (Wildman–Crippen MR) is 72.8 cm³/mol. The minimum absolute atomic E-state index is 0.0294. The Kier molecular flexibility index (Phi) is 5.34. The van der Waals surface area contributed by atoms with Crippen molar-refractivity contribution in [3.8, 4) is 0 Å². The molecule has 0 bridgehead atoms. The first kappa shape index (κ1) is 14.5. The van der Waals surface area contributed by atoms with E-state index in [9.17, 15) is 0 Å². The molecule has 0 aromatic carbocycles. The molecule has 1 N–H and O–H groups in total. The molecule has 1 aliphatic rings. The molecule has 2 rings (SSSR count). The molecule has 0 spiro atoms. The van der Waals surface area contributed by atoms with Gasteiger partial charge < -0.3 is 14.6 Å². The van der Waals surface area contributed by atoms with Gasteiger partial charge >= 0.3 is 0 Å². The molecule has 19 heavy (non-hydrogen) atoms. The van der Waals surface area contributed by atoms with Crippen LogP contribution in [0.3, 0.4) is 0 Å². The van der Waals surface area contributed by atoms with Crippen molar-refractivity contribution in [1.29, 1.82) is 0 Å². The zero-order valence-electron chi connectivity index (χ0n) is 12.2. The van der Waals surface area contributed by atoms with Crippen LogP contribution < -0.4 is 5.32 Å². The fourth-order valence-corrected chi connectivity index (χ4v) is 2.37. The van der Waals surface area contributed by atoms with Gasteiger partial charge in [-0.3, -0.25) is 0 Å². The number of hydrogen-bond donors (Lipinski definition) is 1. The molecule has 1 aromatic rings. The van der Waals surface area contributed by atoms with E-state index in [0.29, 0.717) is 24.5 Å². The maximum Gasteiger partial charge on any atom is 0.228 e. The lowest BCUT2D eigenvalue weighted by Gasteiger charge is -2.12. The Balaban J connectivity index is 1.96. The van der Waals surface area contributed by atoms with Crippen LogP contribution in [-0.2, 0) is 11.2 Å². The quantitative estimate of drug-likeness (QED) is 0.745. The lowest BCUT2D eigenvalue weighted by atomic mass is 10.1. The van der Waals surface area contributed by atoms with Crippen LogP contribution in [0.2, 0.25) is 0 Å². The normalized spacial score (nSPS) is 18.5. The number of rotatable bonds is 9. The van der Waals surface area contributed by atoms with Crippen LogP contribution in [0.15, 0.2) is 4.52 Å². The zero-order valence-corrected chi connectivity index (χ0v) is 12.2.